The smallest absolute Gasteiger partial charge is 0.116 e. The number of rotatable bonds is 5. The van der Waals surface area contributed by atoms with Crippen molar-refractivity contribution in [3.63, 3.8) is 0 Å². The third-order valence-corrected chi connectivity index (χ3v) is 5.47. The molecule has 0 aromatic rings. The Hall–Kier alpha value is -0.150. The molecule has 2 aliphatic carbocycles. The summed E-state index contributed by atoms with van der Waals surface area (Å²) in [4.78, 5) is 2.45. The van der Waals surface area contributed by atoms with E-state index in [1.54, 1.807) is 6.92 Å². The molecule has 0 aromatic heterocycles. The van der Waals surface area contributed by atoms with Gasteiger partial charge in [-0.25, -0.2) is 4.39 Å². The number of ether oxygens (including phenoxy) is 1. The van der Waals surface area contributed by atoms with Crippen molar-refractivity contribution in [2.45, 2.75) is 58.2 Å². The molecule has 1 unspecified atom stereocenters. The zero-order chi connectivity index (χ0) is 13.0. The standard InChI is InChI=1S/C15H26FNO/c1-12(2)18-11-14(5-6-14)8-17-9-15(10-17)7-4-13(15,3)16/h12H,4-11H2,1-3H3. The molecule has 2 nitrogen and oxygen atoms in total. The molecular formula is C15H26FNO. The maximum atomic E-state index is 14.1. The zero-order valence-electron chi connectivity index (χ0n) is 12.0. The molecule has 0 N–H and O–H groups in total. The molecule has 1 saturated heterocycles. The van der Waals surface area contributed by atoms with E-state index in [4.69, 9.17) is 4.74 Å². The number of hydrogen-bond acceptors (Lipinski definition) is 2. The van der Waals surface area contributed by atoms with E-state index in [0.717, 1.165) is 39.1 Å². The Balaban J connectivity index is 1.46. The summed E-state index contributed by atoms with van der Waals surface area (Å²) in [6.07, 6.45) is 4.76. The van der Waals surface area contributed by atoms with Crippen molar-refractivity contribution >= 4 is 0 Å². The third-order valence-electron chi connectivity index (χ3n) is 5.47. The fraction of sp³-hybridized carbons (Fsp3) is 1.00. The molecule has 3 heteroatoms. The van der Waals surface area contributed by atoms with Gasteiger partial charge < -0.3 is 9.64 Å². The van der Waals surface area contributed by atoms with Gasteiger partial charge in [0.1, 0.15) is 5.67 Å². The van der Waals surface area contributed by atoms with Gasteiger partial charge in [0.2, 0.25) is 0 Å². The van der Waals surface area contributed by atoms with Gasteiger partial charge in [-0.1, -0.05) is 0 Å². The van der Waals surface area contributed by atoms with E-state index < -0.39 is 5.67 Å². The number of halogens is 1. The summed E-state index contributed by atoms with van der Waals surface area (Å²) in [6.45, 7) is 9.95. The highest BCUT2D eigenvalue weighted by Gasteiger charge is 2.63. The van der Waals surface area contributed by atoms with E-state index >= 15 is 0 Å². The van der Waals surface area contributed by atoms with Crippen LogP contribution >= 0.6 is 0 Å². The highest BCUT2D eigenvalue weighted by molar-refractivity contribution is 5.15. The maximum absolute atomic E-state index is 14.1. The molecular weight excluding hydrogens is 229 g/mol. The summed E-state index contributed by atoms with van der Waals surface area (Å²) in [5.74, 6) is 0. The van der Waals surface area contributed by atoms with Gasteiger partial charge in [-0.15, -0.1) is 0 Å². The Morgan fingerprint density at radius 2 is 1.83 bits per heavy atom. The van der Waals surface area contributed by atoms with E-state index in [1.165, 1.54) is 12.8 Å². The molecule has 1 aliphatic heterocycles. The lowest BCUT2D eigenvalue weighted by Crippen LogP contribution is -2.70. The molecule has 0 aromatic carbocycles. The second-order valence-corrected chi connectivity index (χ2v) is 7.48. The van der Waals surface area contributed by atoms with Crippen LogP contribution in [0.15, 0.2) is 0 Å². The first-order valence-corrected chi connectivity index (χ1v) is 7.40. The van der Waals surface area contributed by atoms with Crippen LogP contribution in [0.4, 0.5) is 4.39 Å². The molecule has 18 heavy (non-hydrogen) atoms. The average Bonchev–Trinajstić information content (AvgIpc) is 2.99. The minimum Gasteiger partial charge on any atom is -0.378 e. The molecule has 1 heterocycles. The molecule has 3 fully saturated rings. The van der Waals surface area contributed by atoms with Crippen LogP contribution in [-0.4, -0.2) is 42.9 Å². The zero-order valence-corrected chi connectivity index (χ0v) is 12.0. The van der Waals surface area contributed by atoms with Crippen LogP contribution in [0.3, 0.4) is 0 Å². The lowest BCUT2D eigenvalue weighted by atomic mass is 9.54. The minimum absolute atomic E-state index is 0.0159. The van der Waals surface area contributed by atoms with E-state index in [9.17, 15) is 4.39 Å². The summed E-state index contributed by atoms with van der Waals surface area (Å²) in [5.41, 5.74) is -0.473. The molecule has 1 atom stereocenters. The van der Waals surface area contributed by atoms with Gasteiger partial charge in [-0.3, -0.25) is 0 Å². The normalized spacial score (nSPS) is 36.5. The molecule has 0 radical (unpaired) electrons. The van der Waals surface area contributed by atoms with Gasteiger partial charge in [0.25, 0.3) is 0 Å². The first-order valence-electron chi connectivity index (χ1n) is 7.40. The van der Waals surface area contributed by atoms with Crippen molar-refractivity contribution in [1.29, 1.82) is 0 Å². The van der Waals surface area contributed by atoms with Crippen molar-refractivity contribution in [1.82, 2.24) is 4.90 Å². The Morgan fingerprint density at radius 1 is 1.17 bits per heavy atom. The molecule has 104 valence electrons. The monoisotopic (exact) mass is 255 g/mol. The lowest BCUT2D eigenvalue weighted by molar-refractivity contribution is -0.187. The van der Waals surface area contributed by atoms with E-state index in [0.29, 0.717) is 11.5 Å². The summed E-state index contributed by atoms with van der Waals surface area (Å²) >= 11 is 0. The van der Waals surface area contributed by atoms with Crippen LogP contribution < -0.4 is 0 Å². The summed E-state index contributed by atoms with van der Waals surface area (Å²) in [6, 6.07) is 0. The highest BCUT2D eigenvalue weighted by Crippen LogP contribution is 2.59. The summed E-state index contributed by atoms with van der Waals surface area (Å²) in [7, 11) is 0. The van der Waals surface area contributed by atoms with Crippen LogP contribution in [0.1, 0.15) is 46.5 Å². The predicted octanol–water partition coefficient (Wildman–Crippen LogP) is 3.02. The van der Waals surface area contributed by atoms with Gasteiger partial charge in [0, 0.05) is 30.5 Å². The summed E-state index contributed by atoms with van der Waals surface area (Å²) < 4.78 is 19.9. The van der Waals surface area contributed by atoms with Crippen molar-refractivity contribution in [2.24, 2.45) is 10.8 Å². The number of hydrogen-bond donors (Lipinski definition) is 0. The fourth-order valence-corrected chi connectivity index (χ4v) is 3.58. The van der Waals surface area contributed by atoms with Crippen LogP contribution in [-0.2, 0) is 4.74 Å². The van der Waals surface area contributed by atoms with Crippen LogP contribution in [0.25, 0.3) is 0 Å². The van der Waals surface area contributed by atoms with Crippen molar-refractivity contribution in [2.75, 3.05) is 26.2 Å². The quantitative estimate of drug-likeness (QED) is 0.749. The Morgan fingerprint density at radius 3 is 2.22 bits per heavy atom. The predicted molar refractivity (Wildman–Crippen MR) is 70.4 cm³/mol. The van der Waals surface area contributed by atoms with Gasteiger partial charge in [-0.2, -0.15) is 0 Å². The second kappa shape index (κ2) is 3.92. The Labute approximate surface area is 110 Å². The van der Waals surface area contributed by atoms with Crippen LogP contribution in [0.5, 0.6) is 0 Å². The third kappa shape index (κ3) is 2.00. The van der Waals surface area contributed by atoms with E-state index in [2.05, 4.69) is 18.7 Å². The average molecular weight is 255 g/mol. The van der Waals surface area contributed by atoms with Crippen molar-refractivity contribution < 1.29 is 9.13 Å². The largest absolute Gasteiger partial charge is 0.378 e. The second-order valence-electron chi connectivity index (χ2n) is 7.48. The van der Waals surface area contributed by atoms with Gasteiger partial charge >= 0.3 is 0 Å². The molecule has 0 amide bonds. The van der Waals surface area contributed by atoms with Gasteiger partial charge in [-0.05, 0) is 46.5 Å². The topological polar surface area (TPSA) is 12.5 Å². The fourth-order valence-electron chi connectivity index (χ4n) is 3.58. The molecule has 0 bridgehead atoms. The SMILES string of the molecule is CC(C)OCC1(CN2CC3(CCC3(C)F)C2)CC1. The minimum atomic E-state index is -0.894. The van der Waals surface area contributed by atoms with Crippen LogP contribution in [0, 0.1) is 10.8 Å². The van der Waals surface area contributed by atoms with E-state index in [-0.39, 0.29) is 5.41 Å². The molecule has 3 rings (SSSR count). The first-order chi connectivity index (χ1) is 8.37. The number of nitrogens with zero attached hydrogens (tertiary/aromatic N) is 1. The van der Waals surface area contributed by atoms with Crippen molar-refractivity contribution in [3.8, 4) is 0 Å². The maximum Gasteiger partial charge on any atom is 0.116 e. The number of likely N-dealkylation sites (tertiary alicyclic amines) is 1. The van der Waals surface area contributed by atoms with E-state index in [1.807, 2.05) is 0 Å². The van der Waals surface area contributed by atoms with Gasteiger partial charge in [0.05, 0.1) is 12.7 Å². The molecule has 3 aliphatic rings. The Kier molecular flexibility index (Phi) is 2.80. The first kappa shape index (κ1) is 12.9. The molecule has 1 spiro atoms. The highest BCUT2D eigenvalue weighted by atomic mass is 19.1. The Bertz CT molecular complexity index is 329. The van der Waals surface area contributed by atoms with Crippen molar-refractivity contribution in [3.05, 3.63) is 0 Å². The van der Waals surface area contributed by atoms with Crippen LogP contribution in [0.2, 0.25) is 0 Å². The van der Waals surface area contributed by atoms with Gasteiger partial charge in [0.15, 0.2) is 0 Å². The molecule has 2 saturated carbocycles. The lowest BCUT2D eigenvalue weighted by Gasteiger charge is -2.63. The number of alkyl halides is 1. The summed E-state index contributed by atoms with van der Waals surface area (Å²) in [5, 5.41) is 0.